The zero-order valence-electron chi connectivity index (χ0n) is 10.4. The van der Waals surface area contributed by atoms with Crippen LogP contribution < -0.4 is 10.6 Å². The van der Waals surface area contributed by atoms with Crippen molar-refractivity contribution in [3.63, 3.8) is 0 Å². The van der Waals surface area contributed by atoms with Gasteiger partial charge < -0.3 is 10.6 Å². The standard InChI is InChI=1S/C13H17N5/c1-2-5-15-13-8-11(4-7-16-13)17-9-12-3-6-14-10-18-12/h3-4,6-8,10H,2,5,9H2,1H3,(H2,15,16,17). The van der Waals surface area contributed by atoms with Crippen molar-refractivity contribution in [3.8, 4) is 0 Å². The van der Waals surface area contributed by atoms with E-state index in [0.717, 1.165) is 30.2 Å². The van der Waals surface area contributed by atoms with Crippen molar-refractivity contribution in [3.05, 3.63) is 42.6 Å². The van der Waals surface area contributed by atoms with E-state index in [9.17, 15) is 0 Å². The zero-order valence-corrected chi connectivity index (χ0v) is 10.4. The number of hydrogen-bond acceptors (Lipinski definition) is 5. The van der Waals surface area contributed by atoms with Crippen LogP contribution in [0.15, 0.2) is 36.9 Å². The fourth-order valence-electron chi connectivity index (χ4n) is 1.51. The first-order valence-electron chi connectivity index (χ1n) is 6.07. The van der Waals surface area contributed by atoms with Crippen LogP contribution in [-0.2, 0) is 6.54 Å². The Morgan fingerprint density at radius 1 is 1.11 bits per heavy atom. The number of hydrogen-bond donors (Lipinski definition) is 2. The Bertz CT molecular complexity index is 472. The summed E-state index contributed by atoms with van der Waals surface area (Å²) in [7, 11) is 0. The van der Waals surface area contributed by atoms with Gasteiger partial charge in [0.15, 0.2) is 0 Å². The first-order valence-corrected chi connectivity index (χ1v) is 6.07. The van der Waals surface area contributed by atoms with E-state index >= 15 is 0 Å². The quantitative estimate of drug-likeness (QED) is 0.815. The Morgan fingerprint density at radius 3 is 2.83 bits per heavy atom. The molecule has 2 heterocycles. The Kier molecular flexibility index (Phi) is 4.46. The van der Waals surface area contributed by atoms with E-state index in [-0.39, 0.29) is 0 Å². The molecule has 5 nitrogen and oxygen atoms in total. The predicted molar refractivity (Wildman–Crippen MR) is 72.4 cm³/mol. The molecule has 94 valence electrons. The molecule has 2 N–H and O–H groups in total. The van der Waals surface area contributed by atoms with Crippen molar-refractivity contribution in [1.82, 2.24) is 15.0 Å². The summed E-state index contributed by atoms with van der Waals surface area (Å²) in [5, 5.41) is 6.56. The van der Waals surface area contributed by atoms with Crippen molar-refractivity contribution >= 4 is 11.5 Å². The predicted octanol–water partition coefficient (Wildman–Crippen LogP) is 2.31. The molecule has 0 aliphatic heterocycles. The van der Waals surface area contributed by atoms with Gasteiger partial charge in [-0.1, -0.05) is 6.92 Å². The molecule has 2 rings (SSSR count). The van der Waals surface area contributed by atoms with Crippen LogP contribution >= 0.6 is 0 Å². The van der Waals surface area contributed by atoms with Crippen molar-refractivity contribution in [2.45, 2.75) is 19.9 Å². The summed E-state index contributed by atoms with van der Waals surface area (Å²) in [5.41, 5.74) is 1.99. The molecule has 18 heavy (non-hydrogen) atoms. The average Bonchev–Trinajstić information content (AvgIpc) is 2.44. The summed E-state index contributed by atoms with van der Waals surface area (Å²) in [5.74, 6) is 0.893. The van der Waals surface area contributed by atoms with Crippen LogP contribution in [0.2, 0.25) is 0 Å². The Labute approximate surface area is 107 Å². The highest BCUT2D eigenvalue weighted by Gasteiger charge is 1.97. The second-order valence-electron chi connectivity index (χ2n) is 3.91. The lowest BCUT2D eigenvalue weighted by Gasteiger charge is -2.08. The summed E-state index contributed by atoms with van der Waals surface area (Å²) < 4.78 is 0. The lowest BCUT2D eigenvalue weighted by molar-refractivity contribution is 0.968. The molecular weight excluding hydrogens is 226 g/mol. The van der Waals surface area contributed by atoms with Crippen molar-refractivity contribution in [2.75, 3.05) is 17.2 Å². The lowest BCUT2D eigenvalue weighted by Crippen LogP contribution is -2.04. The summed E-state index contributed by atoms with van der Waals surface area (Å²) in [6.07, 6.45) is 6.17. The third-order valence-corrected chi connectivity index (χ3v) is 2.43. The molecule has 2 aromatic rings. The fourth-order valence-corrected chi connectivity index (χ4v) is 1.51. The molecule has 0 radical (unpaired) electrons. The average molecular weight is 243 g/mol. The van der Waals surface area contributed by atoms with E-state index in [4.69, 9.17) is 0 Å². The number of anilines is 2. The highest BCUT2D eigenvalue weighted by molar-refractivity contribution is 5.51. The molecule has 0 fully saturated rings. The SMILES string of the molecule is CCCNc1cc(NCc2ccncn2)ccn1. The van der Waals surface area contributed by atoms with Crippen LogP contribution in [0.1, 0.15) is 19.0 Å². The number of aromatic nitrogens is 3. The molecule has 0 aromatic carbocycles. The van der Waals surface area contributed by atoms with Gasteiger partial charge in [0.2, 0.25) is 0 Å². The molecule has 0 unspecified atom stereocenters. The summed E-state index contributed by atoms with van der Waals surface area (Å²) >= 11 is 0. The van der Waals surface area contributed by atoms with Crippen molar-refractivity contribution in [1.29, 1.82) is 0 Å². The van der Waals surface area contributed by atoms with Gasteiger partial charge in [-0.2, -0.15) is 0 Å². The highest BCUT2D eigenvalue weighted by atomic mass is 15.0. The van der Waals surface area contributed by atoms with Gasteiger partial charge in [-0.05, 0) is 18.6 Å². The van der Waals surface area contributed by atoms with E-state index in [1.54, 1.807) is 18.7 Å². The maximum absolute atomic E-state index is 4.26. The molecule has 0 bridgehead atoms. The van der Waals surface area contributed by atoms with Gasteiger partial charge in [-0.3, -0.25) is 0 Å². The second-order valence-corrected chi connectivity index (χ2v) is 3.91. The number of nitrogens with zero attached hydrogens (tertiary/aromatic N) is 3. The molecule has 0 saturated carbocycles. The summed E-state index contributed by atoms with van der Waals surface area (Å²) in [6, 6.07) is 5.83. The fraction of sp³-hybridized carbons (Fsp3) is 0.308. The summed E-state index contributed by atoms with van der Waals surface area (Å²) in [4.78, 5) is 12.3. The molecule has 0 aliphatic rings. The Hall–Kier alpha value is -2.17. The maximum Gasteiger partial charge on any atom is 0.127 e. The van der Waals surface area contributed by atoms with Crippen LogP contribution in [0.25, 0.3) is 0 Å². The van der Waals surface area contributed by atoms with E-state index in [0.29, 0.717) is 6.54 Å². The Morgan fingerprint density at radius 2 is 2.06 bits per heavy atom. The second kappa shape index (κ2) is 6.54. The smallest absolute Gasteiger partial charge is 0.127 e. The third-order valence-electron chi connectivity index (χ3n) is 2.43. The van der Waals surface area contributed by atoms with Gasteiger partial charge >= 0.3 is 0 Å². The highest BCUT2D eigenvalue weighted by Crippen LogP contribution is 2.12. The van der Waals surface area contributed by atoms with Gasteiger partial charge in [0, 0.05) is 30.7 Å². The van der Waals surface area contributed by atoms with Crippen LogP contribution in [0.3, 0.4) is 0 Å². The van der Waals surface area contributed by atoms with Gasteiger partial charge in [-0.15, -0.1) is 0 Å². The van der Waals surface area contributed by atoms with Gasteiger partial charge in [-0.25, -0.2) is 15.0 Å². The normalized spacial score (nSPS) is 10.1. The van der Waals surface area contributed by atoms with E-state index in [1.807, 2.05) is 18.2 Å². The minimum absolute atomic E-state index is 0.680. The van der Waals surface area contributed by atoms with Crippen molar-refractivity contribution < 1.29 is 0 Å². The van der Waals surface area contributed by atoms with Gasteiger partial charge in [0.1, 0.15) is 12.1 Å². The monoisotopic (exact) mass is 243 g/mol. The minimum atomic E-state index is 0.680. The topological polar surface area (TPSA) is 62.7 Å². The number of pyridine rings is 1. The molecule has 0 amide bonds. The van der Waals surface area contributed by atoms with E-state index in [1.165, 1.54) is 0 Å². The van der Waals surface area contributed by atoms with Gasteiger partial charge in [0.25, 0.3) is 0 Å². The molecule has 0 spiro atoms. The molecule has 0 atom stereocenters. The maximum atomic E-state index is 4.26. The zero-order chi connectivity index (χ0) is 12.6. The largest absolute Gasteiger partial charge is 0.379 e. The number of nitrogens with one attached hydrogen (secondary N) is 2. The molecular formula is C13H17N5. The van der Waals surface area contributed by atoms with Crippen LogP contribution in [0.4, 0.5) is 11.5 Å². The molecule has 2 aromatic heterocycles. The lowest BCUT2D eigenvalue weighted by atomic mass is 10.3. The summed E-state index contributed by atoms with van der Waals surface area (Å²) in [6.45, 7) is 3.74. The molecule has 0 aliphatic carbocycles. The van der Waals surface area contributed by atoms with Crippen molar-refractivity contribution in [2.24, 2.45) is 0 Å². The van der Waals surface area contributed by atoms with Crippen LogP contribution in [-0.4, -0.2) is 21.5 Å². The van der Waals surface area contributed by atoms with Crippen LogP contribution in [0, 0.1) is 0 Å². The third kappa shape index (κ3) is 3.69. The molecule has 5 heteroatoms. The first-order chi connectivity index (χ1) is 8.88. The van der Waals surface area contributed by atoms with Gasteiger partial charge in [0.05, 0.1) is 12.2 Å². The first kappa shape index (κ1) is 12.3. The van der Waals surface area contributed by atoms with E-state index in [2.05, 4.69) is 32.5 Å². The van der Waals surface area contributed by atoms with E-state index < -0.39 is 0 Å². The number of rotatable bonds is 6. The Balaban J connectivity index is 1.93. The minimum Gasteiger partial charge on any atom is -0.379 e. The van der Waals surface area contributed by atoms with Crippen LogP contribution in [0.5, 0.6) is 0 Å². The molecule has 0 saturated heterocycles.